The third-order valence-electron chi connectivity index (χ3n) is 4.66. The molecule has 104 valence electrons. The van der Waals surface area contributed by atoms with Crippen molar-refractivity contribution in [3.63, 3.8) is 0 Å². The topological polar surface area (TPSA) is 42.1 Å². The van der Waals surface area contributed by atoms with Crippen molar-refractivity contribution in [2.75, 3.05) is 6.54 Å². The van der Waals surface area contributed by atoms with Gasteiger partial charge in [0, 0.05) is 17.5 Å². The Labute approximate surface area is 119 Å². The molecule has 3 nitrogen and oxygen atoms in total. The first-order valence-electron chi connectivity index (χ1n) is 7.70. The second-order valence-corrected chi connectivity index (χ2v) is 6.15. The molecule has 2 heterocycles. The Balaban J connectivity index is 1.74. The summed E-state index contributed by atoms with van der Waals surface area (Å²) < 4.78 is 0. The van der Waals surface area contributed by atoms with Gasteiger partial charge in [-0.1, -0.05) is 24.3 Å². The highest BCUT2D eigenvalue weighted by atomic mass is 15.2. The van der Waals surface area contributed by atoms with Crippen molar-refractivity contribution in [1.82, 2.24) is 9.88 Å². The van der Waals surface area contributed by atoms with Gasteiger partial charge in [0.25, 0.3) is 0 Å². The maximum absolute atomic E-state index is 6.43. The number of rotatable bonds is 2. The van der Waals surface area contributed by atoms with Crippen molar-refractivity contribution in [1.29, 1.82) is 0 Å². The van der Waals surface area contributed by atoms with Crippen LogP contribution in [0.2, 0.25) is 0 Å². The van der Waals surface area contributed by atoms with E-state index in [0.717, 1.165) is 23.7 Å². The highest BCUT2D eigenvalue weighted by molar-refractivity contribution is 5.78. The summed E-state index contributed by atoms with van der Waals surface area (Å²) in [5.41, 5.74) is 8.67. The normalized spacial score (nSPS) is 27.9. The number of nitrogens with two attached hydrogens (primary N) is 1. The van der Waals surface area contributed by atoms with Crippen LogP contribution in [0.4, 0.5) is 0 Å². The van der Waals surface area contributed by atoms with Crippen LogP contribution in [0.5, 0.6) is 0 Å². The van der Waals surface area contributed by atoms with E-state index in [1.54, 1.807) is 0 Å². The van der Waals surface area contributed by atoms with Gasteiger partial charge in [-0.2, -0.15) is 0 Å². The summed E-state index contributed by atoms with van der Waals surface area (Å²) in [6.07, 6.45) is 5.00. The Morgan fingerprint density at radius 2 is 1.90 bits per heavy atom. The van der Waals surface area contributed by atoms with E-state index in [9.17, 15) is 0 Å². The van der Waals surface area contributed by atoms with Crippen LogP contribution in [-0.2, 0) is 0 Å². The number of piperidine rings is 1. The summed E-state index contributed by atoms with van der Waals surface area (Å²) >= 11 is 0. The Morgan fingerprint density at radius 1 is 1.05 bits per heavy atom. The number of hydrogen-bond donors (Lipinski definition) is 1. The fraction of sp³-hybridized carbons (Fsp3) is 0.471. The van der Waals surface area contributed by atoms with Crippen molar-refractivity contribution in [3.8, 4) is 0 Å². The lowest BCUT2D eigenvalue weighted by Gasteiger charge is -2.39. The van der Waals surface area contributed by atoms with Gasteiger partial charge in [-0.05, 0) is 44.4 Å². The number of likely N-dealkylation sites (tertiary alicyclic amines) is 1. The molecule has 3 heteroatoms. The van der Waals surface area contributed by atoms with E-state index < -0.39 is 0 Å². The number of hydrogen-bond acceptors (Lipinski definition) is 3. The number of pyridine rings is 1. The molecule has 20 heavy (non-hydrogen) atoms. The van der Waals surface area contributed by atoms with Gasteiger partial charge in [0.2, 0.25) is 0 Å². The minimum absolute atomic E-state index is 0.220. The van der Waals surface area contributed by atoms with Gasteiger partial charge in [-0.3, -0.25) is 9.88 Å². The molecule has 0 bridgehead atoms. The summed E-state index contributed by atoms with van der Waals surface area (Å²) in [4.78, 5) is 7.49. The fourth-order valence-corrected chi connectivity index (χ4v) is 3.50. The molecule has 2 aromatic rings. The molecule has 0 amide bonds. The first-order valence-corrected chi connectivity index (χ1v) is 7.70. The lowest BCUT2D eigenvalue weighted by atomic mass is 9.93. The van der Waals surface area contributed by atoms with E-state index >= 15 is 0 Å². The zero-order valence-corrected chi connectivity index (χ0v) is 11.7. The average molecular weight is 267 g/mol. The fourth-order valence-electron chi connectivity index (χ4n) is 3.50. The molecule has 1 saturated carbocycles. The van der Waals surface area contributed by atoms with Crippen LogP contribution in [0, 0.1) is 0 Å². The Bertz CT molecular complexity index is 620. The van der Waals surface area contributed by atoms with E-state index in [2.05, 4.69) is 41.3 Å². The zero-order chi connectivity index (χ0) is 13.5. The lowest BCUT2D eigenvalue weighted by Crippen LogP contribution is -2.47. The second kappa shape index (κ2) is 4.83. The van der Waals surface area contributed by atoms with E-state index in [1.807, 2.05) is 0 Å². The molecule has 0 radical (unpaired) electrons. The van der Waals surface area contributed by atoms with Crippen molar-refractivity contribution in [3.05, 3.63) is 42.1 Å². The molecule has 1 aliphatic carbocycles. The van der Waals surface area contributed by atoms with Crippen molar-refractivity contribution in [2.45, 2.75) is 43.8 Å². The van der Waals surface area contributed by atoms with E-state index in [1.165, 1.54) is 31.2 Å². The van der Waals surface area contributed by atoms with E-state index in [4.69, 9.17) is 10.7 Å². The largest absolute Gasteiger partial charge is 0.326 e. The van der Waals surface area contributed by atoms with Crippen LogP contribution < -0.4 is 5.73 Å². The summed E-state index contributed by atoms with van der Waals surface area (Å²) in [5.74, 6) is 0. The van der Waals surface area contributed by atoms with E-state index in [0.29, 0.717) is 6.04 Å². The predicted octanol–water partition coefficient (Wildman–Crippen LogP) is 2.86. The summed E-state index contributed by atoms with van der Waals surface area (Å²) in [6, 6.07) is 14.0. The number of nitrogens with zero attached hydrogens (tertiary/aromatic N) is 2. The van der Waals surface area contributed by atoms with Crippen molar-refractivity contribution < 1.29 is 0 Å². The molecular weight excluding hydrogens is 246 g/mol. The molecule has 2 unspecified atom stereocenters. The smallest absolute Gasteiger partial charge is 0.0706 e. The molecule has 2 fully saturated rings. The van der Waals surface area contributed by atoms with Gasteiger partial charge in [0.1, 0.15) is 0 Å². The number of para-hydroxylation sites is 1. The first-order chi connectivity index (χ1) is 9.83. The maximum Gasteiger partial charge on any atom is 0.0706 e. The average Bonchev–Trinajstić information content (AvgIpc) is 3.31. The standard InChI is InChI=1S/C17H21N3/c18-14-5-3-11-20(13-8-9-13)17(14)16-10-7-12-4-1-2-6-15(12)19-16/h1-2,4,6-7,10,13-14,17H,3,5,8-9,11,18H2. The third-order valence-corrected chi connectivity index (χ3v) is 4.66. The minimum atomic E-state index is 0.220. The predicted molar refractivity (Wildman–Crippen MR) is 81.4 cm³/mol. The Kier molecular flexibility index (Phi) is 2.97. The first kappa shape index (κ1) is 12.3. The highest BCUT2D eigenvalue weighted by Crippen LogP contribution is 2.39. The molecule has 4 rings (SSSR count). The molecule has 2 aliphatic rings. The number of benzene rings is 1. The molecule has 2 N–H and O–H groups in total. The number of fused-ring (bicyclic) bond motifs is 1. The Morgan fingerprint density at radius 3 is 2.75 bits per heavy atom. The molecule has 1 aromatic carbocycles. The highest BCUT2D eigenvalue weighted by Gasteiger charge is 2.39. The Hall–Kier alpha value is -1.45. The van der Waals surface area contributed by atoms with Crippen LogP contribution in [0.1, 0.15) is 37.4 Å². The van der Waals surface area contributed by atoms with Crippen LogP contribution in [0.25, 0.3) is 10.9 Å². The molecule has 1 aliphatic heterocycles. The summed E-state index contributed by atoms with van der Waals surface area (Å²) in [6.45, 7) is 1.18. The third kappa shape index (κ3) is 2.11. The second-order valence-electron chi connectivity index (χ2n) is 6.15. The molecule has 2 atom stereocenters. The maximum atomic E-state index is 6.43. The van der Waals surface area contributed by atoms with E-state index in [-0.39, 0.29) is 6.04 Å². The van der Waals surface area contributed by atoms with Crippen LogP contribution in [0.15, 0.2) is 36.4 Å². The molecular formula is C17H21N3. The van der Waals surface area contributed by atoms with Gasteiger partial charge >= 0.3 is 0 Å². The SMILES string of the molecule is NC1CCCN(C2CC2)C1c1ccc2ccccc2n1. The quantitative estimate of drug-likeness (QED) is 0.909. The van der Waals surface area contributed by atoms with Crippen LogP contribution in [-0.4, -0.2) is 28.5 Å². The molecule has 1 saturated heterocycles. The number of aromatic nitrogens is 1. The van der Waals surface area contributed by atoms with Gasteiger partial charge < -0.3 is 5.73 Å². The minimum Gasteiger partial charge on any atom is -0.326 e. The summed E-state index contributed by atoms with van der Waals surface area (Å²) in [5, 5.41) is 1.21. The monoisotopic (exact) mass is 267 g/mol. The van der Waals surface area contributed by atoms with Gasteiger partial charge in [0.15, 0.2) is 0 Å². The molecule has 1 aromatic heterocycles. The zero-order valence-electron chi connectivity index (χ0n) is 11.7. The van der Waals surface area contributed by atoms with Gasteiger partial charge in [0.05, 0.1) is 17.3 Å². The summed E-state index contributed by atoms with van der Waals surface area (Å²) in [7, 11) is 0. The van der Waals surface area contributed by atoms with Gasteiger partial charge in [-0.25, -0.2) is 0 Å². The van der Waals surface area contributed by atoms with Crippen LogP contribution in [0.3, 0.4) is 0 Å². The lowest BCUT2D eigenvalue weighted by molar-refractivity contribution is 0.117. The van der Waals surface area contributed by atoms with Crippen molar-refractivity contribution in [2.24, 2.45) is 5.73 Å². The van der Waals surface area contributed by atoms with Crippen molar-refractivity contribution >= 4 is 10.9 Å². The molecule has 0 spiro atoms. The van der Waals surface area contributed by atoms with Gasteiger partial charge in [-0.15, -0.1) is 0 Å². The van der Waals surface area contributed by atoms with Crippen LogP contribution >= 0.6 is 0 Å².